The van der Waals surface area contributed by atoms with E-state index >= 15 is 0 Å². The number of ether oxygens (including phenoxy) is 1. The summed E-state index contributed by atoms with van der Waals surface area (Å²) in [7, 11) is 0. The first-order chi connectivity index (χ1) is 16.3. The van der Waals surface area contributed by atoms with Crippen LogP contribution in [0.1, 0.15) is 15.2 Å². The summed E-state index contributed by atoms with van der Waals surface area (Å²) in [6.07, 6.45) is -4.55. The van der Waals surface area contributed by atoms with Gasteiger partial charge in [0.1, 0.15) is 0 Å². The van der Waals surface area contributed by atoms with Crippen LogP contribution in [0.25, 0.3) is 0 Å². The minimum atomic E-state index is -4.55. The fourth-order valence-electron chi connectivity index (χ4n) is 3.40. The van der Waals surface area contributed by atoms with Crippen molar-refractivity contribution in [2.45, 2.75) is 6.18 Å². The van der Waals surface area contributed by atoms with Crippen LogP contribution in [0.4, 0.5) is 40.0 Å². The van der Waals surface area contributed by atoms with Crippen molar-refractivity contribution in [3.63, 3.8) is 0 Å². The van der Waals surface area contributed by atoms with E-state index in [9.17, 15) is 22.8 Å². The minimum absolute atomic E-state index is 0.0615. The van der Waals surface area contributed by atoms with Crippen LogP contribution in [0, 0.1) is 0 Å². The molecule has 2 heterocycles. The van der Waals surface area contributed by atoms with Gasteiger partial charge in [0.15, 0.2) is 0 Å². The number of thiophene rings is 1. The van der Waals surface area contributed by atoms with Crippen molar-refractivity contribution in [1.82, 2.24) is 0 Å². The van der Waals surface area contributed by atoms with Gasteiger partial charge in [-0.1, -0.05) is 18.2 Å². The summed E-state index contributed by atoms with van der Waals surface area (Å²) in [4.78, 5) is 27.1. The number of carbonyl (C=O) groups excluding carboxylic acids is 2. The smallest absolute Gasteiger partial charge is 0.378 e. The van der Waals surface area contributed by atoms with Crippen LogP contribution in [-0.2, 0) is 10.9 Å². The summed E-state index contributed by atoms with van der Waals surface area (Å²) >= 11 is 1.01. The average Bonchev–Trinajstić information content (AvgIpc) is 3.28. The number of nitrogens with zero attached hydrogens (tertiary/aromatic N) is 1. The van der Waals surface area contributed by atoms with Crippen LogP contribution in [0.15, 0.2) is 60.7 Å². The first-order valence-electron chi connectivity index (χ1n) is 10.4. The molecule has 1 aromatic heterocycles. The topological polar surface area (TPSA) is 82.7 Å². The highest BCUT2D eigenvalue weighted by Crippen LogP contribution is 2.36. The predicted octanol–water partition coefficient (Wildman–Crippen LogP) is 5.50. The summed E-state index contributed by atoms with van der Waals surface area (Å²) in [5, 5.41) is 8.32. The first kappa shape index (κ1) is 23.6. The number of para-hydroxylation sites is 1. The van der Waals surface area contributed by atoms with E-state index in [2.05, 4.69) is 16.0 Å². The summed E-state index contributed by atoms with van der Waals surface area (Å²) in [6, 6.07) is 14.7. The predicted molar refractivity (Wildman–Crippen MR) is 126 cm³/mol. The number of carbonyl (C=O) groups is 2. The van der Waals surface area contributed by atoms with Gasteiger partial charge in [-0.25, -0.2) is 4.79 Å². The minimum Gasteiger partial charge on any atom is -0.378 e. The fraction of sp³-hybridized carbons (Fsp3) is 0.217. The van der Waals surface area contributed by atoms with Crippen LogP contribution in [-0.4, -0.2) is 38.2 Å². The first-order valence-corrected chi connectivity index (χ1v) is 11.2. The van der Waals surface area contributed by atoms with Gasteiger partial charge in [-0.3, -0.25) is 10.1 Å². The Morgan fingerprint density at radius 1 is 0.912 bits per heavy atom. The Kier molecular flexibility index (Phi) is 7.03. The molecule has 0 bridgehead atoms. The van der Waals surface area contributed by atoms with Gasteiger partial charge in [0.25, 0.3) is 5.91 Å². The van der Waals surface area contributed by atoms with E-state index in [1.807, 2.05) is 11.0 Å². The molecule has 0 saturated carbocycles. The molecule has 1 aliphatic heterocycles. The number of benzene rings is 2. The summed E-state index contributed by atoms with van der Waals surface area (Å²) < 4.78 is 45.2. The van der Waals surface area contributed by atoms with E-state index in [1.54, 1.807) is 30.3 Å². The van der Waals surface area contributed by atoms with Crippen LogP contribution >= 0.6 is 11.3 Å². The number of rotatable bonds is 5. The number of hydrogen-bond donors (Lipinski definition) is 3. The molecule has 0 atom stereocenters. The molecule has 11 heteroatoms. The van der Waals surface area contributed by atoms with Crippen molar-refractivity contribution in [2.24, 2.45) is 0 Å². The monoisotopic (exact) mass is 490 g/mol. The Bertz CT molecular complexity index is 1160. The number of halogens is 3. The van der Waals surface area contributed by atoms with Crippen molar-refractivity contribution in [2.75, 3.05) is 47.2 Å². The third-order valence-electron chi connectivity index (χ3n) is 5.02. The van der Waals surface area contributed by atoms with Gasteiger partial charge in [0, 0.05) is 18.8 Å². The largest absolute Gasteiger partial charge is 0.416 e. The Morgan fingerprint density at radius 2 is 1.65 bits per heavy atom. The molecular weight excluding hydrogens is 469 g/mol. The van der Waals surface area contributed by atoms with Crippen molar-refractivity contribution in [3.8, 4) is 0 Å². The highest BCUT2D eigenvalue weighted by Gasteiger charge is 2.32. The second-order valence-electron chi connectivity index (χ2n) is 7.39. The molecule has 34 heavy (non-hydrogen) atoms. The third-order valence-corrected chi connectivity index (χ3v) is 6.02. The van der Waals surface area contributed by atoms with Crippen LogP contribution in [0.5, 0.6) is 0 Å². The molecule has 0 unspecified atom stereocenters. The number of alkyl halides is 3. The van der Waals surface area contributed by atoms with Crippen molar-refractivity contribution in [3.05, 3.63) is 71.1 Å². The van der Waals surface area contributed by atoms with Gasteiger partial charge in [-0.15, -0.1) is 11.3 Å². The zero-order chi connectivity index (χ0) is 24.1. The number of hydrogen-bond acceptors (Lipinski definition) is 5. The molecule has 1 aliphatic rings. The Balaban J connectivity index is 1.48. The molecule has 2 aromatic carbocycles. The molecule has 3 amide bonds. The SMILES string of the molecule is O=C(Nc1ccccc1)Nc1ccc(C(=O)Nc2cc(C(F)(F)F)ccc2N2CCOCC2)s1. The van der Waals surface area contributed by atoms with Gasteiger partial charge >= 0.3 is 12.2 Å². The number of urea groups is 1. The lowest BCUT2D eigenvalue weighted by Crippen LogP contribution is -2.36. The van der Waals surface area contributed by atoms with E-state index < -0.39 is 23.7 Å². The van der Waals surface area contributed by atoms with Gasteiger partial charge in [-0.05, 0) is 42.5 Å². The van der Waals surface area contributed by atoms with Gasteiger partial charge in [0.05, 0.1) is 40.0 Å². The van der Waals surface area contributed by atoms with Gasteiger partial charge in [-0.2, -0.15) is 13.2 Å². The summed E-state index contributed by atoms with van der Waals surface area (Å²) in [5.74, 6) is -0.574. The third kappa shape index (κ3) is 5.86. The lowest BCUT2D eigenvalue weighted by molar-refractivity contribution is -0.137. The lowest BCUT2D eigenvalue weighted by Gasteiger charge is -2.31. The van der Waals surface area contributed by atoms with Gasteiger partial charge in [0.2, 0.25) is 0 Å². The molecule has 1 fully saturated rings. The molecule has 4 rings (SSSR count). The molecule has 3 aromatic rings. The summed E-state index contributed by atoms with van der Waals surface area (Å²) in [6.45, 7) is 1.88. The van der Waals surface area contributed by atoms with Crippen LogP contribution in [0.2, 0.25) is 0 Å². The van der Waals surface area contributed by atoms with Crippen molar-refractivity contribution in [1.29, 1.82) is 0 Å². The Labute approximate surface area is 197 Å². The molecular formula is C23H21F3N4O3S. The Hall–Kier alpha value is -3.57. The van der Waals surface area contributed by atoms with E-state index in [0.29, 0.717) is 42.7 Å². The fourth-order valence-corrected chi connectivity index (χ4v) is 4.20. The van der Waals surface area contributed by atoms with Gasteiger partial charge < -0.3 is 20.3 Å². The van der Waals surface area contributed by atoms with Crippen molar-refractivity contribution >= 4 is 45.3 Å². The highest BCUT2D eigenvalue weighted by atomic mass is 32.1. The number of morpholine rings is 1. The number of anilines is 4. The van der Waals surface area contributed by atoms with Crippen molar-refractivity contribution < 1.29 is 27.5 Å². The normalized spacial score (nSPS) is 13.9. The van der Waals surface area contributed by atoms with Crippen LogP contribution in [0.3, 0.4) is 0 Å². The maximum atomic E-state index is 13.3. The molecule has 0 spiro atoms. The van der Waals surface area contributed by atoms with E-state index in [0.717, 1.165) is 23.5 Å². The lowest BCUT2D eigenvalue weighted by atomic mass is 10.1. The molecule has 0 radical (unpaired) electrons. The standard InChI is InChI=1S/C23H21F3N4O3S/c24-23(25,26)15-6-7-18(30-10-12-33-13-11-30)17(14-15)28-21(31)19-8-9-20(34-19)29-22(32)27-16-4-2-1-3-5-16/h1-9,14H,10-13H2,(H,28,31)(H2,27,29,32). The molecule has 7 nitrogen and oxygen atoms in total. The zero-order valence-electron chi connectivity index (χ0n) is 17.8. The quantitative estimate of drug-likeness (QED) is 0.441. The summed E-state index contributed by atoms with van der Waals surface area (Å²) in [5.41, 5.74) is 0.300. The van der Waals surface area contributed by atoms with Crippen LogP contribution < -0.4 is 20.9 Å². The zero-order valence-corrected chi connectivity index (χ0v) is 18.6. The highest BCUT2D eigenvalue weighted by molar-refractivity contribution is 7.18. The van der Waals surface area contributed by atoms with E-state index in [4.69, 9.17) is 4.74 Å². The second-order valence-corrected chi connectivity index (χ2v) is 8.48. The maximum absolute atomic E-state index is 13.3. The molecule has 0 aliphatic carbocycles. The van der Waals surface area contributed by atoms with E-state index in [1.165, 1.54) is 12.1 Å². The Morgan fingerprint density at radius 3 is 2.35 bits per heavy atom. The maximum Gasteiger partial charge on any atom is 0.416 e. The molecule has 178 valence electrons. The molecule has 1 saturated heterocycles. The molecule has 3 N–H and O–H groups in total. The van der Waals surface area contributed by atoms with E-state index in [-0.39, 0.29) is 10.6 Å². The second kappa shape index (κ2) is 10.1. The number of amides is 3. The number of nitrogens with one attached hydrogen (secondary N) is 3. The average molecular weight is 491 g/mol.